The summed E-state index contributed by atoms with van der Waals surface area (Å²) in [4.78, 5) is 48.8. The van der Waals surface area contributed by atoms with Crippen molar-refractivity contribution in [3.05, 3.63) is 35.9 Å². The maximum Gasteiger partial charge on any atom is 0.436 e. The van der Waals surface area contributed by atoms with Crippen molar-refractivity contribution in [3.8, 4) is 0 Å². The Bertz CT molecular complexity index is 863. The van der Waals surface area contributed by atoms with Crippen LogP contribution in [0.4, 0.5) is 4.79 Å². The van der Waals surface area contributed by atoms with Crippen molar-refractivity contribution in [2.24, 2.45) is 11.8 Å². The maximum atomic E-state index is 13.6. The molecule has 3 rings (SSSR count). The number of carbonyl (C=O) groups excluding carboxylic acids is 3. The number of hydrogen-bond donors (Lipinski definition) is 1. The average molecular weight is 489 g/mol. The predicted octanol–water partition coefficient (Wildman–Crippen LogP) is 3.01. The van der Waals surface area contributed by atoms with Gasteiger partial charge in [0.15, 0.2) is 6.10 Å². The summed E-state index contributed by atoms with van der Waals surface area (Å²) >= 11 is 0. The van der Waals surface area contributed by atoms with Crippen LogP contribution in [0.1, 0.15) is 52.5 Å². The van der Waals surface area contributed by atoms with Crippen molar-refractivity contribution in [3.63, 3.8) is 0 Å². The average Bonchev–Trinajstić information content (AvgIpc) is 2.82. The third kappa shape index (κ3) is 7.18. The molecule has 9 nitrogen and oxygen atoms in total. The number of piperazine rings is 1. The Morgan fingerprint density at radius 3 is 2.40 bits per heavy atom. The molecule has 0 saturated carbocycles. The molecule has 1 N–H and O–H groups in total. The molecule has 2 heterocycles. The highest BCUT2D eigenvalue weighted by Gasteiger charge is 2.50. The van der Waals surface area contributed by atoms with E-state index < -0.39 is 18.4 Å². The topological polar surface area (TPSA) is 91.4 Å². The molecule has 35 heavy (non-hydrogen) atoms. The van der Waals surface area contributed by atoms with Gasteiger partial charge in [0.25, 0.3) is 5.91 Å². The SMILES string of the molecule is CNC(=O)CCN1CC2N(C(=O)OCc3ccccc3)O[C@H](CC(C)C)C(=O)N2[C@@H](CC(C)C)C1. The lowest BCUT2D eigenvalue weighted by Gasteiger charge is -2.53. The molecular weight excluding hydrogens is 448 g/mol. The van der Waals surface area contributed by atoms with E-state index in [1.165, 1.54) is 5.06 Å². The summed E-state index contributed by atoms with van der Waals surface area (Å²) in [6.07, 6.45) is -0.305. The van der Waals surface area contributed by atoms with Crippen LogP contribution in [0.3, 0.4) is 0 Å². The molecule has 0 aromatic heterocycles. The second-order valence-electron chi connectivity index (χ2n) is 10.3. The van der Waals surface area contributed by atoms with Gasteiger partial charge in [0.1, 0.15) is 12.8 Å². The molecule has 2 fully saturated rings. The van der Waals surface area contributed by atoms with E-state index in [-0.39, 0.29) is 30.4 Å². The van der Waals surface area contributed by atoms with Gasteiger partial charge in [-0.15, -0.1) is 0 Å². The largest absolute Gasteiger partial charge is 0.443 e. The molecular formula is C26H40N4O5. The molecule has 0 spiro atoms. The summed E-state index contributed by atoms with van der Waals surface area (Å²) in [5, 5.41) is 3.92. The zero-order chi connectivity index (χ0) is 25.5. The van der Waals surface area contributed by atoms with Gasteiger partial charge in [0.05, 0.1) is 0 Å². The molecule has 3 atom stereocenters. The summed E-state index contributed by atoms with van der Waals surface area (Å²) < 4.78 is 5.61. The molecule has 0 radical (unpaired) electrons. The van der Waals surface area contributed by atoms with E-state index in [0.29, 0.717) is 38.4 Å². The Morgan fingerprint density at radius 1 is 1.09 bits per heavy atom. The highest BCUT2D eigenvalue weighted by Crippen LogP contribution is 2.31. The number of amides is 3. The van der Waals surface area contributed by atoms with E-state index >= 15 is 0 Å². The van der Waals surface area contributed by atoms with Crippen molar-refractivity contribution in [2.75, 3.05) is 26.7 Å². The number of benzene rings is 1. The number of hydroxylamine groups is 2. The Hall–Kier alpha value is -2.65. The molecule has 2 aliphatic heterocycles. The Labute approximate surface area is 208 Å². The van der Waals surface area contributed by atoms with Gasteiger partial charge in [-0.1, -0.05) is 58.0 Å². The first-order valence-corrected chi connectivity index (χ1v) is 12.6. The first kappa shape index (κ1) is 26.9. The van der Waals surface area contributed by atoms with Crippen molar-refractivity contribution in [2.45, 2.75) is 71.9 Å². The van der Waals surface area contributed by atoms with Gasteiger partial charge in [-0.05, 0) is 30.2 Å². The number of nitrogens with one attached hydrogen (secondary N) is 1. The minimum Gasteiger partial charge on any atom is -0.443 e. The van der Waals surface area contributed by atoms with Gasteiger partial charge in [0.2, 0.25) is 5.91 Å². The number of rotatable bonds is 9. The van der Waals surface area contributed by atoms with Gasteiger partial charge in [-0.3, -0.25) is 19.3 Å². The molecule has 2 saturated heterocycles. The zero-order valence-electron chi connectivity index (χ0n) is 21.6. The highest BCUT2D eigenvalue weighted by atomic mass is 16.7. The molecule has 1 aromatic carbocycles. The first-order chi connectivity index (χ1) is 16.7. The summed E-state index contributed by atoms with van der Waals surface area (Å²) in [7, 11) is 1.62. The minimum absolute atomic E-state index is 0.0417. The molecule has 1 aromatic rings. The van der Waals surface area contributed by atoms with Crippen molar-refractivity contribution in [1.29, 1.82) is 0 Å². The van der Waals surface area contributed by atoms with Crippen LogP contribution >= 0.6 is 0 Å². The highest BCUT2D eigenvalue weighted by molar-refractivity contribution is 5.83. The second kappa shape index (κ2) is 12.4. The van der Waals surface area contributed by atoms with E-state index in [2.05, 4.69) is 24.1 Å². The van der Waals surface area contributed by atoms with Crippen molar-refractivity contribution in [1.82, 2.24) is 20.2 Å². The Balaban J connectivity index is 1.85. The van der Waals surface area contributed by atoms with E-state index in [1.54, 1.807) is 7.05 Å². The molecule has 0 bridgehead atoms. The van der Waals surface area contributed by atoms with Crippen LogP contribution in [-0.2, 0) is 25.8 Å². The van der Waals surface area contributed by atoms with Crippen LogP contribution in [0.25, 0.3) is 0 Å². The molecule has 1 unspecified atom stereocenters. The standard InChI is InChI=1S/C26H40N4O5/c1-18(2)13-21-15-28(12-11-23(31)27-5)16-24-29(21)25(32)22(14-19(3)4)35-30(24)26(33)34-17-20-9-7-6-8-10-20/h6-10,18-19,21-22,24H,11-17H2,1-5H3,(H,27,31)/t21-,22+,24?/m0/s1. The van der Waals surface area contributed by atoms with E-state index in [4.69, 9.17) is 9.57 Å². The third-order valence-corrected chi connectivity index (χ3v) is 6.39. The summed E-state index contributed by atoms with van der Waals surface area (Å²) in [5.74, 6) is 0.463. The van der Waals surface area contributed by atoms with Gasteiger partial charge >= 0.3 is 6.09 Å². The molecule has 194 valence electrons. The molecule has 9 heteroatoms. The fourth-order valence-electron chi connectivity index (χ4n) is 4.77. The Morgan fingerprint density at radius 2 is 1.77 bits per heavy atom. The number of fused-ring (bicyclic) bond motifs is 1. The van der Waals surface area contributed by atoms with E-state index in [1.807, 2.05) is 49.1 Å². The molecule has 0 aliphatic carbocycles. The fourth-order valence-corrected chi connectivity index (χ4v) is 4.77. The fraction of sp³-hybridized carbons (Fsp3) is 0.654. The van der Waals surface area contributed by atoms with Crippen molar-refractivity contribution >= 4 is 17.9 Å². The maximum absolute atomic E-state index is 13.6. The van der Waals surface area contributed by atoms with Crippen LogP contribution in [0.5, 0.6) is 0 Å². The molecule has 3 amide bonds. The number of carbonyl (C=O) groups is 3. The third-order valence-electron chi connectivity index (χ3n) is 6.39. The van der Waals surface area contributed by atoms with Gasteiger partial charge in [-0.2, -0.15) is 5.06 Å². The van der Waals surface area contributed by atoms with Gasteiger partial charge in [-0.25, -0.2) is 4.79 Å². The summed E-state index contributed by atoms with van der Waals surface area (Å²) in [6.45, 7) is 10.0. The lowest BCUT2D eigenvalue weighted by molar-refractivity contribution is -0.272. The predicted molar refractivity (Wildman–Crippen MR) is 132 cm³/mol. The van der Waals surface area contributed by atoms with Crippen molar-refractivity contribution < 1.29 is 24.0 Å². The summed E-state index contributed by atoms with van der Waals surface area (Å²) in [5.41, 5.74) is 0.873. The van der Waals surface area contributed by atoms with Crippen LogP contribution in [0.2, 0.25) is 0 Å². The first-order valence-electron chi connectivity index (χ1n) is 12.6. The van der Waals surface area contributed by atoms with E-state index in [9.17, 15) is 14.4 Å². The van der Waals surface area contributed by atoms with Crippen LogP contribution in [0, 0.1) is 11.8 Å². The minimum atomic E-state index is -0.734. The summed E-state index contributed by atoms with van der Waals surface area (Å²) in [6, 6.07) is 9.38. The van der Waals surface area contributed by atoms with Gasteiger partial charge in [0, 0.05) is 39.1 Å². The second-order valence-corrected chi connectivity index (χ2v) is 10.3. The van der Waals surface area contributed by atoms with Crippen LogP contribution < -0.4 is 5.32 Å². The smallest absolute Gasteiger partial charge is 0.436 e. The normalized spacial score (nSPS) is 22.9. The number of ether oxygens (including phenoxy) is 1. The lowest BCUT2D eigenvalue weighted by atomic mass is 9.96. The lowest BCUT2D eigenvalue weighted by Crippen LogP contribution is -2.72. The number of nitrogens with zero attached hydrogens (tertiary/aromatic N) is 3. The quantitative estimate of drug-likeness (QED) is 0.575. The van der Waals surface area contributed by atoms with Crippen LogP contribution in [-0.4, -0.2) is 77.8 Å². The van der Waals surface area contributed by atoms with E-state index in [0.717, 1.165) is 12.0 Å². The Kier molecular flexibility index (Phi) is 9.51. The van der Waals surface area contributed by atoms with Gasteiger partial charge < -0.3 is 15.0 Å². The molecule has 2 aliphatic rings. The van der Waals surface area contributed by atoms with Crippen LogP contribution in [0.15, 0.2) is 30.3 Å². The zero-order valence-corrected chi connectivity index (χ0v) is 21.6. The monoisotopic (exact) mass is 488 g/mol. The number of hydrogen-bond acceptors (Lipinski definition) is 6.